The number of benzene rings is 1. The lowest BCUT2D eigenvalue weighted by atomic mass is 10.1. The van der Waals surface area contributed by atoms with E-state index in [0.29, 0.717) is 12.6 Å². The molecule has 2 bridgehead atoms. The maximum Gasteiger partial charge on any atom is 0.335 e. The van der Waals surface area contributed by atoms with E-state index in [1.807, 2.05) is 0 Å². The van der Waals surface area contributed by atoms with Crippen molar-refractivity contribution in [1.29, 1.82) is 0 Å². The molecule has 6 heteroatoms. The van der Waals surface area contributed by atoms with Gasteiger partial charge in [-0.05, 0) is 43.3 Å². The average molecular weight is 329 g/mol. The van der Waals surface area contributed by atoms with Crippen LogP contribution < -0.4 is 5.32 Å². The molecule has 1 aromatic rings. The zero-order chi connectivity index (χ0) is 16.9. The zero-order valence-corrected chi connectivity index (χ0v) is 13.6. The van der Waals surface area contributed by atoms with Gasteiger partial charge in [0.15, 0.2) is 0 Å². The predicted molar refractivity (Wildman–Crippen MR) is 91.9 cm³/mol. The van der Waals surface area contributed by atoms with Crippen molar-refractivity contribution in [2.24, 2.45) is 0 Å². The summed E-state index contributed by atoms with van der Waals surface area (Å²) in [5.74, 6) is -1.07. The number of carbonyl (C=O) groups is 2. The van der Waals surface area contributed by atoms with Gasteiger partial charge in [0.05, 0.1) is 5.56 Å². The van der Waals surface area contributed by atoms with Crippen LogP contribution in [0.2, 0.25) is 0 Å². The standard InChI is InChI=1S/C18H23N3O3/c22-17(7-4-14-2-5-15(6-3-14)18(23)24)19-12-16-13-20-8-1-9-21(16)11-10-20/h2-7,16H,1,8-13H2,(H,19,22)(H,23,24)/b7-4+. The lowest BCUT2D eigenvalue weighted by Gasteiger charge is -2.37. The van der Waals surface area contributed by atoms with Crippen LogP contribution in [0.1, 0.15) is 22.3 Å². The molecule has 1 amide bonds. The summed E-state index contributed by atoms with van der Waals surface area (Å²) in [6.07, 6.45) is 4.40. The minimum atomic E-state index is -0.952. The smallest absolute Gasteiger partial charge is 0.335 e. The lowest BCUT2D eigenvalue weighted by molar-refractivity contribution is -0.116. The third-order valence-electron chi connectivity index (χ3n) is 4.71. The molecule has 0 aromatic heterocycles. The Morgan fingerprint density at radius 3 is 2.71 bits per heavy atom. The average Bonchev–Trinajstić information content (AvgIpc) is 2.94. The minimum absolute atomic E-state index is 0.117. The molecule has 0 radical (unpaired) electrons. The second-order valence-corrected chi connectivity index (χ2v) is 6.35. The van der Waals surface area contributed by atoms with Gasteiger partial charge in [-0.3, -0.25) is 9.69 Å². The highest BCUT2D eigenvalue weighted by molar-refractivity contribution is 5.92. The van der Waals surface area contributed by atoms with E-state index in [2.05, 4.69) is 15.1 Å². The monoisotopic (exact) mass is 329 g/mol. The number of nitrogens with zero attached hydrogens (tertiary/aromatic N) is 2. The summed E-state index contributed by atoms with van der Waals surface area (Å²) in [5.41, 5.74) is 1.04. The number of rotatable bonds is 5. The van der Waals surface area contributed by atoms with Crippen LogP contribution in [-0.2, 0) is 4.79 Å². The van der Waals surface area contributed by atoms with E-state index in [0.717, 1.165) is 38.3 Å². The molecule has 0 aliphatic carbocycles. The Kier molecular flexibility index (Phi) is 5.27. The fourth-order valence-corrected chi connectivity index (χ4v) is 3.33. The van der Waals surface area contributed by atoms with Crippen LogP contribution in [0.3, 0.4) is 0 Å². The normalized spacial score (nSPS) is 26.2. The number of carbonyl (C=O) groups excluding carboxylic acids is 1. The second kappa shape index (κ2) is 7.59. The van der Waals surface area contributed by atoms with Gasteiger partial charge >= 0.3 is 5.97 Å². The Morgan fingerprint density at radius 2 is 1.96 bits per heavy atom. The Labute approximate surface area is 141 Å². The fraction of sp³-hybridized carbons (Fsp3) is 0.444. The number of fused-ring (bicyclic) bond motifs is 4. The number of hydrogen-bond donors (Lipinski definition) is 2. The third-order valence-corrected chi connectivity index (χ3v) is 4.71. The van der Waals surface area contributed by atoms with Crippen molar-refractivity contribution >= 4 is 18.0 Å². The molecule has 3 aliphatic heterocycles. The predicted octanol–water partition coefficient (Wildman–Crippen LogP) is 0.904. The van der Waals surface area contributed by atoms with Crippen LogP contribution in [-0.4, -0.2) is 72.1 Å². The first kappa shape index (κ1) is 16.7. The summed E-state index contributed by atoms with van der Waals surface area (Å²) in [5, 5.41) is 11.8. The summed E-state index contributed by atoms with van der Waals surface area (Å²) in [6.45, 7) is 6.19. The molecule has 4 rings (SSSR count). The third kappa shape index (κ3) is 4.21. The number of aromatic carboxylic acids is 1. The van der Waals surface area contributed by atoms with Crippen LogP contribution >= 0.6 is 0 Å². The molecule has 0 spiro atoms. The molecule has 3 fully saturated rings. The first-order chi connectivity index (χ1) is 11.6. The fourth-order valence-electron chi connectivity index (χ4n) is 3.33. The quantitative estimate of drug-likeness (QED) is 0.786. The molecule has 3 atom stereocenters. The van der Waals surface area contributed by atoms with Crippen LogP contribution in [0, 0.1) is 0 Å². The zero-order valence-electron chi connectivity index (χ0n) is 13.6. The van der Waals surface area contributed by atoms with E-state index >= 15 is 0 Å². The van der Waals surface area contributed by atoms with Gasteiger partial charge in [0.25, 0.3) is 0 Å². The van der Waals surface area contributed by atoms with Crippen molar-refractivity contribution in [3.05, 3.63) is 41.5 Å². The molecule has 3 saturated heterocycles. The van der Waals surface area contributed by atoms with E-state index in [1.54, 1.807) is 18.2 Å². The molecule has 2 N–H and O–H groups in total. The lowest BCUT2D eigenvalue weighted by Crippen LogP contribution is -2.54. The molecule has 0 saturated carbocycles. The molecule has 3 unspecified atom stereocenters. The van der Waals surface area contributed by atoms with E-state index in [1.165, 1.54) is 24.6 Å². The molecular formula is C18H23N3O3. The Hall–Kier alpha value is -2.18. The Bertz CT molecular complexity index is 623. The number of carboxylic acid groups (broad SMARTS) is 1. The number of hydrogen-bond acceptors (Lipinski definition) is 4. The molecule has 24 heavy (non-hydrogen) atoms. The van der Waals surface area contributed by atoms with Gasteiger partial charge in [-0.15, -0.1) is 0 Å². The number of amides is 1. The number of nitrogens with one attached hydrogen (secondary N) is 1. The van der Waals surface area contributed by atoms with Crippen LogP contribution in [0.25, 0.3) is 6.08 Å². The van der Waals surface area contributed by atoms with Crippen molar-refractivity contribution < 1.29 is 14.7 Å². The first-order valence-corrected chi connectivity index (χ1v) is 8.37. The van der Waals surface area contributed by atoms with Gasteiger partial charge in [-0.1, -0.05) is 12.1 Å². The van der Waals surface area contributed by atoms with Gasteiger partial charge in [-0.25, -0.2) is 4.79 Å². The maximum absolute atomic E-state index is 12.0. The summed E-state index contributed by atoms with van der Waals surface area (Å²) in [7, 11) is 0. The molecule has 3 aliphatic rings. The largest absolute Gasteiger partial charge is 0.478 e. The van der Waals surface area contributed by atoms with Crippen molar-refractivity contribution in [3.63, 3.8) is 0 Å². The second-order valence-electron chi connectivity index (χ2n) is 6.35. The van der Waals surface area contributed by atoms with E-state index in [-0.39, 0.29) is 11.5 Å². The Balaban J connectivity index is 1.49. The molecular weight excluding hydrogens is 306 g/mol. The van der Waals surface area contributed by atoms with Gasteiger partial charge in [0.2, 0.25) is 5.91 Å². The summed E-state index contributed by atoms with van der Waals surface area (Å²) >= 11 is 0. The first-order valence-electron chi connectivity index (χ1n) is 8.37. The molecule has 1 aromatic carbocycles. The van der Waals surface area contributed by atoms with E-state index in [9.17, 15) is 9.59 Å². The van der Waals surface area contributed by atoms with Gasteiger partial charge in [0, 0.05) is 38.3 Å². The summed E-state index contributed by atoms with van der Waals surface area (Å²) in [6, 6.07) is 6.84. The Morgan fingerprint density at radius 1 is 1.17 bits per heavy atom. The number of piperazine rings is 1. The molecule has 3 heterocycles. The van der Waals surface area contributed by atoms with Gasteiger partial charge in [0.1, 0.15) is 0 Å². The van der Waals surface area contributed by atoms with E-state index < -0.39 is 5.97 Å². The maximum atomic E-state index is 12.0. The molecule has 6 nitrogen and oxygen atoms in total. The van der Waals surface area contributed by atoms with Gasteiger partial charge in [-0.2, -0.15) is 0 Å². The highest BCUT2D eigenvalue weighted by atomic mass is 16.4. The minimum Gasteiger partial charge on any atom is -0.478 e. The van der Waals surface area contributed by atoms with E-state index in [4.69, 9.17) is 5.11 Å². The number of carboxylic acids is 1. The SMILES string of the molecule is O=C(/C=C/c1ccc(C(=O)O)cc1)NCC1CN2CCCN1CC2. The van der Waals surface area contributed by atoms with Crippen LogP contribution in [0.4, 0.5) is 0 Å². The van der Waals surface area contributed by atoms with Crippen molar-refractivity contribution in [2.45, 2.75) is 12.5 Å². The highest BCUT2D eigenvalue weighted by Gasteiger charge is 2.29. The van der Waals surface area contributed by atoms with Crippen molar-refractivity contribution in [3.8, 4) is 0 Å². The highest BCUT2D eigenvalue weighted by Crippen LogP contribution is 2.15. The molecule has 128 valence electrons. The summed E-state index contributed by atoms with van der Waals surface area (Å²) in [4.78, 5) is 27.7. The van der Waals surface area contributed by atoms with Crippen LogP contribution in [0.5, 0.6) is 0 Å². The van der Waals surface area contributed by atoms with Crippen LogP contribution in [0.15, 0.2) is 30.3 Å². The summed E-state index contributed by atoms with van der Waals surface area (Å²) < 4.78 is 0. The van der Waals surface area contributed by atoms with Crippen molar-refractivity contribution in [2.75, 3.05) is 39.3 Å². The van der Waals surface area contributed by atoms with Gasteiger partial charge < -0.3 is 15.3 Å². The van der Waals surface area contributed by atoms with Crippen molar-refractivity contribution in [1.82, 2.24) is 15.1 Å². The topological polar surface area (TPSA) is 72.9 Å².